The summed E-state index contributed by atoms with van der Waals surface area (Å²) >= 11 is 5.88. The van der Waals surface area contributed by atoms with Crippen LogP contribution in [0.15, 0.2) is 54.7 Å². The molecule has 2 aromatic carbocycles. The largest absolute Gasteiger partial charge is 0.473 e. The Balaban J connectivity index is 1.37. The van der Waals surface area contributed by atoms with Gasteiger partial charge in [-0.3, -0.25) is 4.79 Å². The Labute approximate surface area is 156 Å². The molecule has 132 valence electrons. The average Bonchev–Trinajstić information content (AvgIpc) is 2.68. The van der Waals surface area contributed by atoms with Crippen molar-refractivity contribution in [2.75, 3.05) is 13.1 Å². The van der Waals surface area contributed by atoms with Gasteiger partial charge in [-0.2, -0.15) is 0 Å². The molecular weight excluding hydrogens is 350 g/mol. The van der Waals surface area contributed by atoms with E-state index in [0.29, 0.717) is 29.6 Å². The van der Waals surface area contributed by atoms with E-state index in [1.165, 1.54) is 0 Å². The highest BCUT2D eigenvalue weighted by atomic mass is 35.5. The van der Waals surface area contributed by atoms with Crippen molar-refractivity contribution < 1.29 is 9.53 Å². The first-order valence-corrected chi connectivity index (χ1v) is 9.00. The third kappa shape index (κ3) is 3.63. The number of piperidine rings is 1. The smallest absolute Gasteiger partial charge is 0.253 e. The minimum absolute atomic E-state index is 0.0330. The van der Waals surface area contributed by atoms with Crippen molar-refractivity contribution >= 4 is 28.5 Å². The second-order valence-electron chi connectivity index (χ2n) is 6.31. The molecule has 0 saturated carbocycles. The Morgan fingerprint density at radius 2 is 1.73 bits per heavy atom. The van der Waals surface area contributed by atoms with E-state index in [2.05, 4.69) is 9.97 Å². The van der Waals surface area contributed by atoms with E-state index in [4.69, 9.17) is 16.3 Å². The molecule has 1 aliphatic rings. The SMILES string of the molecule is O=C(c1ccc(Cl)cc1)N1CCC(Oc2cnc3ccccc3n2)CC1. The van der Waals surface area contributed by atoms with Crippen molar-refractivity contribution in [3.63, 3.8) is 0 Å². The molecule has 4 rings (SSSR count). The zero-order valence-corrected chi connectivity index (χ0v) is 14.9. The summed E-state index contributed by atoms with van der Waals surface area (Å²) in [5.41, 5.74) is 2.33. The van der Waals surface area contributed by atoms with Crippen LogP contribution in [0.1, 0.15) is 23.2 Å². The van der Waals surface area contributed by atoms with Crippen LogP contribution >= 0.6 is 11.6 Å². The first kappa shape index (κ1) is 16.8. The molecule has 0 N–H and O–H groups in total. The lowest BCUT2D eigenvalue weighted by molar-refractivity contribution is 0.0588. The predicted octanol–water partition coefficient (Wildman–Crippen LogP) is 3.97. The molecule has 1 aromatic heterocycles. The van der Waals surface area contributed by atoms with Gasteiger partial charge in [0.2, 0.25) is 5.88 Å². The van der Waals surface area contributed by atoms with E-state index in [9.17, 15) is 4.79 Å². The number of carbonyl (C=O) groups excluding carboxylic acids is 1. The molecule has 0 atom stereocenters. The Morgan fingerprint density at radius 3 is 2.46 bits per heavy atom. The van der Waals surface area contributed by atoms with Crippen LogP contribution in [0, 0.1) is 0 Å². The maximum Gasteiger partial charge on any atom is 0.253 e. The summed E-state index contributed by atoms with van der Waals surface area (Å²) in [5.74, 6) is 0.566. The fraction of sp³-hybridized carbons (Fsp3) is 0.250. The van der Waals surface area contributed by atoms with Crippen molar-refractivity contribution in [3.05, 3.63) is 65.3 Å². The zero-order chi connectivity index (χ0) is 17.9. The molecule has 1 aliphatic heterocycles. The summed E-state index contributed by atoms with van der Waals surface area (Å²) in [4.78, 5) is 23.3. The second-order valence-corrected chi connectivity index (χ2v) is 6.75. The van der Waals surface area contributed by atoms with Gasteiger partial charge in [0.1, 0.15) is 6.10 Å². The fourth-order valence-corrected chi connectivity index (χ4v) is 3.25. The topological polar surface area (TPSA) is 55.3 Å². The number of amides is 1. The number of likely N-dealkylation sites (tertiary alicyclic amines) is 1. The monoisotopic (exact) mass is 367 g/mol. The molecule has 1 saturated heterocycles. The minimum Gasteiger partial charge on any atom is -0.473 e. The summed E-state index contributed by atoms with van der Waals surface area (Å²) in [5, 5.41) is 0.630. The van der Waals surface area contributed by atoms with Gasteiger partial charge in [-0.25, -0.2) is 9.97 Å². The van der Waals surface area contributed by atoms with Crippen LogP contribution in [-0.2, 0) is 0 Å². The summed E-state index contributed by atoms with van der Waals surface area (Å²) < 4.78 is 5.98. The fourth-order valence-electron chi connectivity index (χ4n) is 3.12. The lowest BCUT2D eigenvalue weighted by Crippen LogP contribution is -2.41. The number of hydrogen-bond donors (Lipinski definition) is 0. The van der Waals surface area contributed by atoms with Gasteiger partial charge in [0.05, 0.1) is 17.2 Å². The molecule has 0 radical (unpaired) electrons. The van der Waals surface area contributed by atoms with Crippen molar-refractivity contribution in [1.82, 2.24) is 14.9 Å². The summed E-state index contributed by atoms with van der Waals surface area (Å²) in [6, 6.07) is 14.7. The molecule has 6 heteroatoms. The predicted molar refractivity (Wildman–Crippen MR) is 101 cm³/mol. The molecule has 5 nitrogen and oxygen atoms in total. The number of fused-ring (bicyclic) bond motifs is 1. The lowest BCUT2D eigenvalue weighted by atomic mass is 10.1. The van der Waals surface area contributed by atoms with Crippen LogP contribution in [0.25, 0.3) is 11.0 Å². The second kappa shape index (κ2) is 7.30. The Hall–Kier alpha value is -2.66. The van der Waals surface area contributed by atoms with Gasteiger partial charge in [-0.05, 0) is 36.4 Å². The van der Waals surface area contributed by atoms with Gasteiger partial charge < -0.3 is 9.64 Å². The van der Waals surface area contributed by atoms with Crippen LogP contribution in [0.5, 0.6) is 5.88 Å². The number of rotatable bonds is 3. The standard InChI is InChI=1S/C20H18ClN3O2/c21-15-7-5-14(6-8-15)20(25)24-11-9-16(10-12-24)26-19-13-22-17-3-1-2-4-18(17)23-19/h1-8,13,16H,9-12H2. The number of aromatic nitrogens is 2. The molecule has 0 unspecified atom stereocenters. The van der Waals surface area contributed by atoms with Crippen LogP contribution in [0.4, 0.5) is 0 Å². The average molecular weight is 368 g/mol. The van der Waals surface area contributed by atoms with Gasteiger partial charge in [0.25, 0.3) is 5.91 Å². The molecule has 1 fully saturated rings. The lowest BCUT2D eigenvalue weighted by Gasteiger charge is -2.32. The molecule has 1 amide bonds. The molecular formula is C20H18ClN3O2. The third-order valence-corrected chi connectivity index (χ3v) is 4.79. The number of halogens is 1. The summed E-state index contributed by atoms with van der Waals surface area (Å²) in [6.07, 6.45) is 3.25. The van der Waals surface area contributed by atoms with Crippen LogP contribution in [0.2, 0.25) is 5.02 Å². The third-order valence-electron chi connectivity index (χ3n) is 4.53. The Morgan fingerprint density at radius 1 is 1.04 bits per heavy atom. The molecule has 0 bridgehead atoms. The first-order chi connectivity index (χ1) is 12.7. The molecule has 0 spiro atoms. The zero-order valence-electron chi connectivity index (χ0n) is 14.1. The first-order valence-electron chi connectivity index (χ1n) is 8.62. The van der Waals surface area contributed by atoms with Crippen LogP contribution in [-0.4, -0.2) is 40.0 Å². The van der Waals surface area contributed by atoms with Gasteiger partial charge >= 0.3 is 0 Å². The quantitative estimate of drug-likeness (QED) is 0.703. The molecule has 0 aliphatic carbocycles. The highest BCUT2D eigenvalue weighted by Crippen LogP contribution is 2.20. The van der Waals surface area contributed by atoms with Crippen LogP contribution in [0.3, 0.4) is 0 Å². The highest BCUT2D eigenvalue weighted by molar-refractivity contribution is 6.30. The van der Waals surface area contributed by atoms with E-state index >= 15 is 0 Å². The Bertz CT molecular complexity index is 922. The van der Waals surface area contributed by atoms with E-state index < -0.39 is 0 Å². The number of nitrogens with zero attached hydrogens (tertiary/aromatic N) is 3. The number of carbonyl (C=O) groups is 1. The molecule has 3 aromatic rings. The van der Waals surface area contributed by atoms with E-state index in [-0.39, 0.29) is 12.0 Å². The van der Waals surface area contributed by atoms with E-state index in [0.717, 1.165) is 23.9 Å². The van der Waals surface area contributed by atoms with E-state index in [1.807, 2.05) is 29.2 Å². The highest BCUT2D eigenvalue weighted by Gasteiger charge is 2.25. The summed E-state index contributed by atoms with van der Waals surface area (Å²) in [6.45, 7) is 1.32. The van der Waals surface area contributed by atoms with Crippen molar-refractivity contribution in [3.8, 4) is 5.88 Å². The van der Waals surface area contributed by atoms with Gasteiger partial charge in [0, 0.05) is 36.5 Å². The normalized spacial score (nSPS) is 15.2. The molecule has 26 heavy (non-hydrogen) atoms. The summed E-state index contributed by atoms with van der Waals surface area (Å²) in [7, 11) is 0. The molecule has 2 heterocycles. The number of hydrogen-bond acceptors (Lipinski definition) is 4. The van der Waals surface area contributed by atoms with Crippen molar-refractivity contribution in [1.29, 1.82) is 0 Å². The number of para-hydroxylation sites is 2. The van der Waals surface area contributed by atoms with Gasteiger partial charge in [-0.15, -0.1) is 0 Å². The van der Waals surface area contributed by atoms with Gasteiger partial charge in [0.15, 0.2) is 0 Å². The van der Waals surface area contributed by atoms with Crippen LogP contribution < -0.4 is 4.74 Å². The maximum atomic E-state index is 12.5. The van der Waals surface area contributed by atoms with Crippen molar-refractivity contribution in [2.24, 2.45) is 0 Å². The Kier molecular flexibility index (Phi) is 4.71. The number of ether oxygens (including phenoxy) is 1. The van der Waals surface area contributed by atoms with E-state index in [1.54, 1.807) is 30.5 Å². The minimum atomic E-state index is 0.0330. The van der Waals surface area contributed by atoms with Gasteiger partial charge in [-0.1, -0.05) is 23.7 Å². The number of benzene rings is 2. The van der Waals surface area contributed by atoms with Crippen molar-refractivity contribution in [2.45, 2.75) is 18.9 Å². The maximum absolute atomic E-state index is 12.5.